The van der Waals surface area contributed by atoms with Gasteiger partial charge in [0.2, 0.25) is 0 Å². The van der Waals surface area contributed by atoms with Gasteiger partial charge in [-0.15, -0.1) is 0 Å². The van der Waals surface area contributed by atoms with Crippen LogP contribution < -0.4 is 5.32 Å². The van der Waals surface area contributed by atoms with Crippen LogP contribution in [0.2, 0.25) is 0 Å². The van der Waals surface area contributed by atoms with Crippen molar-refractivity contribution in [3.63, 3.8) is 0 Å². The summed E-state index contributed by atoms with van der Waals surface area (Å²) in [7, 11) is 0. The van der Waals surface area contributed by atoms with Crippen molar-refractivity contribution in [2.75, 3.05) is 12.0 Å². The van der Waals surface area contributed by atoms with E-state index in [1.165, 1.54) is 12.2 Å². The molecule has 1 unspecified atom stereocenters. The maximum Gasteiger partial charge on any atom is 0.0104 e. The molecule has 70 valence electrons. The lowest BCUT2D eigenvalue weighted by atomic mass is 10.1. The molecule has 0 saturated carbocycles. The van der Waals surface area contributed by atoms with Crippen molar-refractivity contribution in [2.45, 2.75) is 20.3 Å². The van der Waals surface area contributed by atoms with Gasteiger partial charge in [0.1, 0.15) is 0 Å². The number of hydrogen-bond acceptors (Lipinski definition) is 2. The summed E-state index contributed by atoms with van der Waals surface area (Å²) in [4.78, 5) is 0. The van der Waals surface area contributed by atoms with Gasteiger partial charge in [-0.2, -0.15) is 11.8 Å². The highest BCUT2D eigenvalue weighted by Gasteiger charge is 2.04. The Morgan fingerprint density at radius 1 is 1.50 bits per heavy atom. The third-order valence-electron chi connectivity index (χ3n) is 1.72. The fourth-order valence-corrected chi connectivity index (χ4v) is 1.46. The minimum atomic E-state index is 0.536. The topological polar surface area (TPSA) is 12.0 Å². The van der Waals surface area contributed by atoms with E-state index in [0.717, 1.165) is 11.4 Å². The zero-order chi connectivity index (χ0) is 9.56. The molecule has 1 atom stereocenters. The lowest BCUT2D eigenvalue weighted by Crippen LogP contribution is -2.15. The zero-order valence-electron chi connectivity index (χ0n) is 8.31. The molecule has 2 heteroatoms. The smallest absolute Gasteiger partial charge is 0.0104 e. The molecule has 1 N–H and O–H groups in total. The quantitative estimate of drug-likeness (QED) is 0.682. The van der Waals surface area contributed by atoms with E-state index in [2.05, 4.69) is 31.7 Å². The second kappa shape index (κ2) is 6.18. The largest absolute Gasteiger partial charge is 0.363 e. The Balaban J connectivity index is 3.69. The normalized spacial score (nSPS) is 12.2. The van der Waals surface area contributed by atoms with E-state index in [0.29, 0.717) is 5.92 Å². The number of nitrogens with one attached hydrogen (secondary N) is 1. The van der Waals surface area contributed by atoms with Crippen molar-refractivity contribution in [3.8, 4) is 0 Å². The predicted octanol–water partition coefficient (Wildman–Crippen LogP) is 3.01. The molecule has 1 nitrogen and oxygen atoms in total. The first-order chi connectivity index (χ1) is 5.57. The second-order valence-corrected chi connectivity index (χ2v) is 4.10. The molecule has 0 aliphatic carbocycles. The average molecular weight is 185 g/mol. The van der Waals surface area contributed by atoms with Crippen LogP contribution in [0.15, 0.2) is 24.6 Å². The first-order valence-corrected chi connectivity index (χ1v) is 5.57. The highest BCUT2D eigenvalue weighted by molar-refractivity contribution is 7.98. The molecular formula is C10H19NS. The molecule has 0 aromatic rings. The van der Waals surface area contributed by atoms with Crippen LogP contribution in [-0.4, -0.2) is 12.0 Å². The fraction of sp³-hybridized carbons (Fsp3) is 0.600. The minimum absolute atomic E-state index is 0.536. The van der Waals surface area contributed by atoms with Gasteiger partial charge < -0.3 is 5.32 Å². The Kier molecular flexibility index (Phi) is 5.99. The maximum absolute atomic E-state index is 3.97. The van der Waals surface area contributed by atoms with Crippen LogP contribution in [0.4, 0.5) is 0 Å². The summed E-state index contributed by atoms with van der Waals surface area (Å²) in [5, 5.41) is 3.15. The molecule has 0 radical (unpaired) electrons. The third-order valence-corrected chi connectivity index (χ3v) is 2.37. The van der Waals surface area contributed by atoms with E-state index in [-0.39, 0.29) is 0 Å². The van der Waals surface area contributed by atoms with Crippen molar-refractivity contribution < 1.29 is 0 Å². The van der Waals surface area contributed by atoms with Gasteiger partial charge in [0.25, 0.3) is 0 Å². The molecule has 0 aromatic heterocycles. The van der Waals surface area contributed by atoms with Gasteiger partial charge in [0.15, 0.2) is 0 Å². The molecule has 12 heavy (non-hydrogen) atoms. The van der Waals surface area contributed by atoms with Crippen LogP contribution in [0.5, 0.6) is 0 Å². The summed E-state index contributed by atoms with van der Waals surface area (Å²) in [6.07, 6.45) is 3.31. The van der Waals surface area contributed by atoms with Crippen LogP contribution in [0.1, 0.15) is 20.3 Å². The maximum atomic E-state index is 3.97. The minimum Gasteiger partial charge on any atom is -0.363 e. The van der Waals surface area contributed by atoms with E-state index in [1.807, 2.05) is 18.7 Å². The fourth-order valence-electron chi connectivity index (χ4n) is 0.866. The standard InChI is InChI=1S/C10H19NS/c1-8(2)11-10(4)9(3)6-7-12-5/h9,11H,1,4,6-7H2,2-3,5H3. The van der Waals surface area contributed by atoms with Crippen LogP contribution in [0, 0.1) is 5.92 Å². The van der Waals surface area contributed by atoms with Gasteiger partial charge >= 0.3 is 0 Å². The van der Waals surface area contributed by atoms with Gasteiger partial charge in [0.05, 0.1) is 0 Å². The van der Waals surface area contributed by atoms with Crippen molar-refractivity contribution in [1.82, 2.24) is 5.32 Å². The van der Waals surface area contributed by atoms with Crippen molar-refractivity contribution in [3.05, 3.63) is 24.6 Å². The summed E-state index contributed by atoms with van der Waals surface area (Å²) < 4.78 is 0. The molecule has 0 rings (SSSR count). The number of rotatable bonds is 6. The highest BCUT2D eigenvalue weighted by atomic mass is 32.2. The molecule has 0 aliphatic rings. The predicted molar refractivity (Wildman–Crippen MR) is 59.3 cm³/mol. The molecule has 0 saturated heterocycles. The lowest BCUT2D eigenvalue weighted by Gasteiger charge is -2.15. The second-order valence-electron chi connectivity index (χ2n) is 3.11. The van der Waals surface area contributed by atoms with E-state index < -0.39 is 0 Å². The summed E-state index contributed by atoms with van der Waals surface area (Å²) in [5.41, 5.74) is 2.05. The van der Waals surface area contributed by atoms with Crippen molar-refractivity contribution in [1.29, 1.82) is 0 Å². The van der Waals surface area contributed by atoms with Crippen molar-refractivity contribution >= 4 is 11.8 Å². The van der Waals surface area contributed by atoms with Crippen molar-refractivity contribution in [2.24, 2.45) is 5.92 Å². The van der Waals surface area contributed by atoms with Crippen LogP contribution in [0.3, 0.4) is 0 Å². The Labute approximate surface area is 80.3 Å². The number of thioether (sulfide) groups is 1. The first kappa shape index (κ1) is 11.6. The van der Waals surface area contributed by atoms with Crippen LogP contribution in [0.25, 0.3) is 0 Å². The summed E-state index contributed by atoms with van der Waals surface area (Å²) in [6.45, 7) is 11.9. The summed E-state index contributed by atoms with van der Waals surface area (Å²) in [6, 6.07) is 0. The Bertz CT molecular complexity index is 163. The van der Waals surface area contributed by atoms with Gasteiger partial charge in [-0.05, 0) is 31.3 Å². The molecule has 0 amide bonds. The highest BCUT2D eigenvalue weighted by Crippen LogP contribution is 2.13. The van der Waals surface area contributed by atoms with Crippen LogP contribution in [-0.2, 0) is 0 Å². The van der Waals surface area contributed by atoms with Gasteiger partial charge in [-0.1, -0.05) is 20.1 Å². The summed E-state index contributed by atoms with van der Waals surface area (Å²) in [5.74, 6) is 1.73. The van der Waals surface area contributed by atoms with E-state index in [4.69, 9.17) is 0 Å². The Morgan fingerprint density at radius 2 is 2.08 bits per heavy atom. The molecule has 0 aromatic carbocycles. The molecular weight excluding hydrogens is 166 g/mol. The molecule has 0 aliphatic heterocycles. The molecule has 0 fully saturated rings. The molecule has 0 spiro atoms. The Hall–Kier alpha value is -0.370. The number of allylic oxidation sites excluding steroid dienone is 2. The van der Waals surface area contributed by atoms with Gasteiger partial charge in [-0.3, -0.25) is 0 Å². The van der Waals surface area contributed by atoms with E-state index in [9.17, 15) is 0 Å². The summed E-state index contributed by atoms with van der Waals surface area (Å²) >= 11 is 1.87. The third kappa shape index (κ3) is 5.30. The van der Waals surface area contributed by atoms with Gasteiger partial charge in [-0.25, -0.2) is 0 Å². The molecule has 0 heterocycles. The van der Waals surface area contributed by atoms with Gasteiger partial charge in [0, 0.05) is 11.4 Å². The van der Waals surface area contributed by atoms with E-state index >= 15 is 0 Å². The average Bonchev–Trinajstić information content (AvgIpc) is 1.98. The first-order valence-electron chi connectivity index (χ1n) is 4.18. The molecule has 0 bridgehead atoms. The monoisotopic (exact) mass is 185 g/mol. The zero-order valence-corrected chi connectivity index (χ0v) is 9.13. The lowest BCUT2D eigenvalue weighted by molar-refractivity contribution is 0.622. The van der Waals surface area contributed by atoms with E-state index in [1.54, 1.807) is 0 Å². The Morgan fingerprint density at radius 3 is 2.50 bits per heavy atom. The van der Waals surface area contributed by atoms with Crippen LogP contribution >= 0.6 is 11.8 Å². The SMILES string of the molecule is C=C(C)NC(=C)C(C)CCSC. The number of hydrogen-bond donors (Lipinski definition) is 1.